The number of hydrogen-bond donors (Lipinski definition) is 0. The van der Waals surface area contributed by atoms with Gasteiger partial charge >= 0.3 is 0 Å². The largest absolute Gasteiger partial charge is 0.303 e. The second kappa shape index (κ2) is 19.4. The van der Waals surface area contributed by atoms with Gasteiger partial charge in [0.15, 0.2) is 0 Å². The molecule has 0 radical (unpaired) electrons. The molecule has 124 valence electrons. The number of rotatable bonds is 17. The fourth-order valence-corrected chi connectivity index (χ4v) is 2.72. The Labute approximate surface area is 133 Å². The Morgan fingerprint density at radius 1 is 0.524 bits per heavy atom. The van der Waals surface area contributed by atoms with Gasteiger partial charge in [0.05, 0.1) is 0 Å². The Morgan fingerprint density at radius 2 is 0.905 bits per heavy atom. The summed E-state index contributed by atoms with van der Waals surface area (Å²) in [7, 11) is 0. The van der Waals surface area contributed by atoms with Crippen LogP contribution in [-0.4, -0.2) is 6.29 Å². The molecule has 1 heteroatoms. The van der Waals surface area contributed by atoms with E-state index in [0.717, 1.165) is 19.1 Å². The van der Waals surface area contributed by atoms with Crippen LogP contribution < -0.4 is 0 Å². The lowest BCUT2D eigenvalue weighted by Crippen LogP contribution is -1.83. The third-order valence-electron chi connectivity index (χ3n) is 4.10. The first-order valence-electron chi connectivity index (χ1n) is 9.50. The summed E-state index contributed by atoms with van der Waals surface area (Å²) in [6.07, 6.45) is 26.6. The lowest BCUT2D eigenvalue weighted by Gasteiger charge is -2.02. The van der Waals surface area contributed by atoms with E-state index in [1.54, 1.807) is 0 Å². The average molecular weight is 295 g/mol. The highest BCUT2D eigenvalue weighted by molar-refractivity contribution is 5.48. The van der Waals surface area contributed by atoms with Crippen LogP contribution in [-0.2, 0) is 4.79 Å². The van der Waals surface area contributed by atoms with Crippen molar-refractivity contribution in [2.24, 2.45) is 0 Å². The van der Waals surface area contributed by atoms with E-state index < -0.39 is 0 Å². The molecule has 0 atom stereocenters. The molecule has 0 aromatic heterocycles. The maximum atomic E-state index is 10.2. The van der Waals surface area contributed by atoms with E-state index in [1.165, 1.54) is 89.9 Å². The summed E-state index contributed by atoms with van der Waals surface area (Å²) in [5.41, 5.74) is 0. The fourth-order valence-electron chi connectivity index (χ4n) is 2.72. The molecule has 0 aromatic rings. The number of allylic oxidation sites excluding steroid dienone is 2. The van der Waals surface area contributed by atoms with Gasteiger partial charge in [0, 0.05) is 6.42 Å². The van der Waals surface area contributed by atoms with Crippen molar-refractivity contribution in [2.45, 2.75) is 110 Å². The molecule has 0 fully saturated rings. The Hall–Kier alpha value is -0.590. The van der Waals surface area contributed by atoms with Gasteiger partial charge in [0.25, 0.3) is 0 Å². The summed E-state index contributed by atoms with van der Waals surface area (Å²) in [5.74, 6) is 0. The minimum atomic E-state index is 0.759. The predicted molar refractivity (Wildman–Crippen MR) is 94.8 cm³/mol. The quantitative estimate of drug-likeness (QED) is 0.160. The van der Waals surface area contributed by atoms with Gasteiger partial charge < -0.3 is 4.79 Å². The summed E-state index contributed by atoms with van der Waals surface area (Å²) in [6, 6.07) is 0. The van der Waals surface area contributed by atoms with Gasteiger partial charge in [-0.2, -0.15) is 0 Å². The SMILES string of the molecule is CCC=CCCCCCCCCCCCCCCCC=O. The maximum Gasteiger partial charge on any atom is 0.119 e. The van der Waals surface area contributed by atoms with E-state index in [2.05, 4.69) is 19.1 Å². The van der Waals surface area contributed by atoms with Crippen molar-refractivity contribution in [3.05, 3.63) is 12.2 Å². The Morgan fingerprint density at radius 3 is 1.29 bits per heavy atom. The number of carbonyl (C=O) groups excluding carboxylic acids is 1. The Kier molecular flexibility index (Phi) is 18.9. The molecule has 0 heterocycles. The first-order chi connectivity index (χ1) is 10.4. The van der Waals surface area contributed by atoms with E-state index in [9.17, 15) is 4.79 Å². The van der Waals surface area contributed by atoms with Gasteiger partial charge in [-0.1, -0.05) is 89.7 Å². The third kappa shape index (κ3) is 19.4. The lowest BCUT2D eigenvalue weighted by atomic mass is 10.0. The molecule has 0 saturated heterocycles. The summed E-state index contributed by atoms with van der Waals surface area (Å²) in [5, 5.41) is 0. The lowest BCUT2D eigenvalue weighted by molar-refractivity contribution is -0.107. The van der Waals surface area contributed by atoms with Crippen LogP contribution in [0.15, 0.2) is 12.2 Å². The highest BCUT2D eigenvalue weighted by Crippen LogP contribution is 2.13. The number of unbranched alkanes of at least 4 members (excludes halogenated alkanes) is 14. The Bertz CT molecular complexity index is 220. The van der Waals surface area contributed by atoms with Gasteiger partial charge in [0.1, 0.15) is 6.29 Å². The standard InChI is InChI=1S/C20H38O/c1-2-3-4-5-6-7-8-9-10-11-12-13-14-15-16-17-18-19-20-21/h3-4,20H,2,5-19H2,1H3. The van der Waals surface area contributed by atoms with Crippen molar-refractivity contribution in [1.29, 1.82) is 0 Å². The summed E-state index contributed by atoms with van der Waals surface area (Å²) in [4.78, 5) is 10.2. The van der Waals surface area contributed by atoms with Crippen molar-refractivity contribution in [1.82, 2.24) is 0 Å². The van der Waals surface area contributed by atoms with Crippen molar-refractivity contribution in [3.8, 4) is 0 Å². The van der Waals surface area contributed by atoms with E-state index in [4.69, 9.17) is 0 Å². The first-order valence-corrected chi connectivity index (χ1v) is 9.50. The van der Waals surface area contributed by atoms with Gasteiger partial charge in [-0.05, 0) is 25.7 Å². The van der Waals surface area contributed by atoms with Crippen LogP contribution in [0.5, 0.6) is 0 Å². The molecule has 21 heavy (non-hydrogen) atoms. The van der Waals surface area contributed by atoms with Gasteiger partial charge in [-0.25, -0.2) is 0 Å². The second-order valence-electron chi connectivity index (χ2n) is 6.22. The molecule has 0 aliphatic heterocycles. The molecule has 1 nitrogen and oxygen atoms in total. The molecule has 0 aliphatic carbocycles. The van der Waals surface area contributed by atoms with Crippen molar-refractivity contribution < 1.29 is 4.79 Å². The maximum absolute atomic E-state index is 10.2. The van der Waals surface area contributed by atoms with Crippen LogP contribution in [0.2, 0.25) is 0 Å². The second-order valence-corrected chi connectivity index (χ2v) is 6.22. The fraction of sp³-hybridized carbons (Fsp3) is 0.850. The van der Waals surface area contributed by atoms with E-state index in [1.807, 2.05) is 0 Å². The van der Waals surface area contributed by atoms with Crippen molar-refractivity contribution >= 4 is 6.29 Å². The zero-order valence-corrected chi connectivity index (χ0v) is 14.5. The van der Waals surface area contributed by atoms with Gasteiger partial charge in [0.2, 0.25) is 0 Å². The minimum absolute atomic E-state index is 0.759. The molecule has 0 bridgehead atoms. The van der Waals surface area contributed by atoms with Crippen LogP contribution in [0.3, 0.4) is 0 Å². The molecule has 0 aromatic carbocycles. The number of aldehydes is 1. The zero-order valence-electron chi connectivity index (χ0n) is 14.5. The molecule has 0 aliphatic rings. The van der Waals surface area contributed by atoms with Crippen molar-refractivity contribution in [2.75, 3.05) is 0 Å². The molecule has 0 amide bonds. The third-order valence-corrected chi connectivity index (χ3v) is 4.10. The molecular formula is C20H38O. The number of hydrogen-bond acceptors (Lipinski definition) is 1. The molecule has 0 rings (SSSR count). The molecule has 0 saturated carbocycles. The average Bonchev–Trinajstić information content (AvgIpc) is 2.50. The highest BCUT2D eigenvalue weighted by atomic mass is 16.1. The number of carbonyl (C=O) groups is 1. The van der Waals surface area contributed by atoms with Gasteiger partial charge in [-0.15, -0.1) is 0 Å². The molecule has 0 spiro atoms. The topological polar surface area (TPSA) is 17.1 Å². The smallest absolute Gasteiger partial charge is 0.119 e. The summed E-state index contributed by atoms with van der Waals surface area (Å²) >= 11 is 0. The van der Waals surface area contributed by atoms with Crippen molar-refractivity contribution in [3.63, 3.8) is 0 Å². The first kappa shape index (κ1) is 20.4. The molecule has 0 N–H and O–H groups in total. The minimum Gasteiger partial charge on any atom is -0.303 e. The van der Waals surface area contributed by atoms with Crippen LogP contribution in [0.4, 0.5) is 0 Å². The normalized spacial score (nSPS) is 11.3. The highest BCUT2D eigenvalue weighted by Gasteiger charge is 1.94. The summed E-state index contributed by atoms with van der Waals surface area (Å²) < 4.78 is 0. The zero-order chi connectivity index (χ0) is 15.4. The van der Waals surface area contributed by atoms with Gasteiger partial charge in [-0.3, -0.25) is 0 Å². The monoisotopic (exact) mass is 294 g/mol. The molecule has 0 unspecified atom stereocenters. The summed E-state index contributed by atoms with van der Waals surface area (Å²) in [6.45, 7) is 2.20. The van der Waals surface area contributed by atoms with Crippen LogP contribution in [0.25, 0.3) is 0 Å². The van der Waals surface area contributed by atoms with Crippen LogP contribution in [0, 0.1) is 0 Å². The van der Waals surface area contributed by atoms with Crippen LogP contribution in [0.1, 0.15) is 110 Å². The predicted octanol–water partition coefficient (Wildman–Crippen LogP) is 7.00. The van der Waals surface area contributed by atoms with E-state index in [-0.39, 0.29) is 0 Å². The van der Waals surface area contributed by atoms with Crippen LogP contribution >= 0.6 is 0 Å². The van der Waals surface area contributed by atoms with E-state index >= 15 is 0 Å². The Balaban J connectivity index is 2.96. The molecular weight excluding hydrogens is 256 g/mol. The van der Waals surface area contributed by atoms with E-state index in [0.29, 0.717) is 0 Å².